The highest BCUT2D eigenvalue weighted by atomic mass is 32.2. The molecule has 35 heavy (non-hydrogen) atoms. The van der Waals surface area contributed by atoms with Crippen molar-refractivity contribution in [2.75, 3.05) is 11.5 Å². The average Bonchev–Trinajstić information content (AvgIpc) is 3.16. The maximum Gasteiger partial charge on any atom is 0.243 e. The number of hydrogen-bond donors (Lipinski definition) is 1. The van der Waals surface area contributed by atoms with Crippen LogP contribution < -0.4 is 5.32 Å². The molecule has 1 saturated heterocycles. The van der Waals surface area contributed by atoms with Crippen molar-refractivity contribution >= 4 is 19.9 Å². The Morgan fingerprint density at radius 3 is 2.00 bits per heavy atom. The van der Waals surface area contributed by atoms with Crippen LogP contribution in [0.4, 0.5) is 0 Å². The summed E-state index contributed by atoms with van der Waals surface area (Å²) in [7, 11) is -7.38. The molecule has 3 aromatic rings. The van der Waals surface area contributed by atoms with Crippen LogP contribution >= 0.6 is 0 Å². The number of sulfone groups is 1. The summed E-state index contributed by atoms with van der Waals surface area (Å²) in [5.74, 6) is -0.0357. The zero-order chi connectivity index (χ0) is 25.1. The topological polar surface area (TPSA) is 83.6 Å². The van der Waals surface area contributed by atoms with Crippen molar-refractivity contribution in [3.63, 3.8) is 0 Å². The number of rotatable bonds is 9. The zero-order valence-electron chi connectivity index (χ0n) is 20.0. The minimum atomic E-state index is -3.96. The molecule has 0 aliphatic carbocycles. The van der Waals surface area contributed by atoms with Crippen LogP contribution in [0.5, 0.6) is 0 Å². The van der Waals surface area contributed by atoms with Crippen LogP contribution in [-0.2, 0) is 33.0 Å². The van der Waals surface area contributed by atoms with Gasteiger partial charge in [0.1, 0.15) is 0 Å². The van der Waals surface area contributed by atoms with Crippen LogP contribution in [0.3, 0.4) is 0 Å². The predicted octanol–water partition coefficient (Wildman–Crippen LogP) is 3.96. The van der Waals surface area contributed by atoms with Gasteiger partial charge in [-0.2, -0.15) is 4.31 Å². The van der Waals surface area contributed by atoms with Gasteiger partial charge in [0, 0.05) is 19.1 Å². The monoisotopic (exact) mass is 512 g/mol. The minimum Gasteiger partial charge on any atom is -0.307 e. The summed E-state index contributed by atoms with van der Waals surface area (Å²) < 4.78 is 54.7. The van der Waals surface area contributed by atoms with Crippen molar-refractivity contribution in [2.45, 2.75) is 49.8 Å². The fourth-order valence-corrected chi connectivity index (χ4v) is 8.15. The summed E-state index contributed by atoms with van der Waals surface area (Å²) in [5.41, 5.74) is 2.86. The van der Waals surface area contributed by atoms with Gasteiger partial charge >= 0.3 is 0 Å². The first-order valence-electron chi connectivity index (χ1n) is 11.8. The lowest BCUT2D eigenvalue weighted by Crippen LogP contribution is -2.51. The third-order valence-corrected chi connectivity index (χ3v) is 10.0. The summed E-state index contributed by atoms with van der Waals surface area (Å²) in [6.45, 7) is 4.66. The Kier molecular flexibility index (Phi) is 7.76. The second kappa shape index (κ2) is 10.6. The van der Waals surface area contributed by atoms with E-state index in [0.29, 0.717) is 6.54 Å². The molecule has 1 N–H and O–H groups in total. The first kappa shape index (κ1) is 25.6. The van der Waals surface area contributed by atoms with Crippen LogP contribution in [0, 0.1) is 0 Å². The molecule has 6 nitrogen and oxygen atoms in total. The molecule has 8 heteroatoms. The van der Waals surface area contributed by atoms with Crippen LogP contribution in [0.15, 0.2) is 89.8 Å². The fourth-order valence-electron chi connectivity index (χ4n) is 4.46. The van der Waals surface area contributed by atoms with Crippen LogP contribution in [-0.4, -0.2) is 44.7 Å². The maximum atomic E-state index is 13.9. The molecule has 1 fully saturated rings. The summed E-state index contributed by atoms with van der Waals surface area (Å²) in [4.78, 5) is 0.170. The maximum absolute atomic E-state index is 13.9. The van der Waals surface area contributed by atoms with Gasteiger partial charge in [-0.15, -0.1) is 0 Å². The van der Waals surface area contributed by atoms with Gasteiger partial charge in [-0.1, -0.05) is 86.6 Å². The van der Waals surface area contributed by atoms with E-state index in [2.05, 4.69) is 19.2 Å². The molecule has 0 spiro atoms. The molecule has 1 heterocycles. The molecule has 0 radical (unpaired) electrons. The minimum absolute atomic E-state index is 0.0960. The van der Waals surface area contributed by atoms with Gasteiger partial charge in [0.25, 0.3) is 0 Å². The number of benzene rings is 3. The van der Waals surface area contributed by atoms with E-state index in [0.717, 1.165) is 16.7 Å². The molecule has 0 bridgehead atoms. The molecule has 186 valence electrons. The molecule has 1 aliphatic heterocycles. The van der Waals surface area contributed by atoms with Gasteiger partial charge in [0.15, 0.2) is 9.84 Å². The molecule has 2 atom stereocenters. The lowest BCUT2D eigenvalue weighted by atomic mass is 10.0. The van der Waals surface area contributed by atoms with Gasteiger partial charge in [0.2, 0.25) is 10.0 Å². The highest BCUT2D eigenvalue weighted by Gasteiger charge is 2.45. The van der Waals surface area contributed by atoms with Crippen molar-refractivity contribution in [1.29, 1.82) is 0 Å². The van der Waals surface area contributed by atoms with Crippen LogP contribution in [0.25, 0.3) is 0 Å². The predicted molar refractivity (Wildman–Crippen MR) is 139 cm³/mol. The summed E-state index contributed by atoms with van der Waals surface area (Å²) in [6, 6.07) is 24.7. The molecule has 0 unspecified atom stereocenters. The summed E-state index contributed by atoms with van der Waals surface area (Å²) in [6.07, 6.45) is 0. The molecular formula is C27H32N2O4S2. The zero-order valence-corrected chi connectivity index (χ0v) is 21.7. The standard InChI is InChI=1S/C27H32N2O4S2/c1-21(2)24-13-15-25(16-14-24)35(32,33)29(18-23-11-7-4-8-12-23)27-20-34(30,31)19-26(27)28-17-22-9-5-3-6-10-22/h3-16,21,26-28H,17-20H2,1-2H3/t26-,27+/m1/s1. The van der Waals surface area contributed by atoms with E-state index in [1.54, 1.807) is 12.1 Å². The van der Waals surface area contributed by atoms with Crippen LogP contribution in [0.2, 0.25) is 0 Å². The third kappa shape index (κ3) is 6.19. The van der Waals surface area contributed by atoms with E-state index in [-0.39, 0.29) is 28.9 Å². The Morgan fingerprint density at radius 1 is 0.857 bits per heavy atom. The average molecular weight is 513 g/mol. The molecule has 3 aromatic carbocycles. The summed E-state index contributed by atoms with van der Waals surface area (Å²) in [5, 5.41) is 3.33. The van der Waals surface area contributed by atoms with Gasteiger partial charge in [-0.05, 0) is 34.7 Å². The van der Waals surface area contributed by atoms with E-state index in [1.807, 2.05) is 72.8 Å². The van der Waals surface area contributed by atoms with E-state index in [9.17, 15) is 16.8 Å². The smallest absolute Gasteiger partial charge is 0.243 e. The molecule has 0 aromatic heterocycles. The van der Waals surface area contributed by atoms with Gasteiger partial charge in [-0.25, -0.2) is 16.8 Å². The summed E-state index contributed by atoms with van der Waals surface area (Å²) >= 11 is 0. The number of hydrogen-bond acceptors (Lipinski definition) is 5. The highest BCUT2D eigenvalue weighted by molar-refractivity contribution is 7.92. The lowest BCUT2D eigenvalue weighted by Gasteiger charge is -2.32. The van der Waals surface area contributed by atoms with Crippen molar-refractivity contribution in [3.8, 4) is 0 Å². The fraction of sp³-hybridized carbons (Fsp3) is 0.333. The molecule has 4 rings (SSSR count). The quantitative estimate of drug-likeness (QED) is 0.469. The van der Waals surface area contributed by atoms with E-state index < -0.39 is 31.9 Å². The Labute approximate surface area is 209 Å². The Hall–Kier alpha value is -2.52. The normalized spacial score (nSPS) is 19.9. The molecule has 0 amide bonds. The molecule has 0 saturated carbocycles. The Bertz CT molecular complexity index is 1320. The van der Waals surface area contributed by atoms with Crippen molar-refractivity contribution in [2.24, 2.45) is 0 Å². The largest absolute Gasteiger partial charge is 0.307 e. The number of sulfonamides is 1. The van der Waals surface area contributed by atoms with Crippen molar-refractivity contribution in [3.05, 3.63) is 102 Å². The van der Waals surface area contributed by atoms with E-state index in [4.69, 9.17) is 0 Å². The Morgan fingerprint density at radius 2 is 1.43 bits per heavy atom. The number of nitrogens with zero attached hydrogens (tertiary/aromatic N) is 1. The highest BCUT2D eigenvalue weighted by Crippen LogP contribution is 2.29. The second-order valence-corrected chi connectivity index (χ2v) is 13.4. The lowest BCUT2D eigenvalue weighted by molar-refractivity contribution is 0.286. The van der Waals surface area contributed by atoms with Gasteiger partial charge in [0.05, 0.1) is 22.4 Å². The first-order chi connectivity index (χ1) is 16.7. The molecular weight excluding hydrogens is 480 g/mol. The van der Waals surface area contributed by atoms with Gasteiger partial charge < -0.3 is 5.32 Å². The van der Waals surface area contributed by atoms with Crippen molar-refractivity contribution in [1.82, 2.24) is 9.62 Å². The van der Waals surface area contributed by atoms with E-state index >= 15 is 0 Å². The molecule has 1 aliphatic rings. The number of nitrogens with one attached hydrogen (secondary N) is 1. The van der Waals surface area contributed by atoms with E-state index in [1.165, 1.54) is 4.31 Å². The first-order valence-corrected chi connectivity index (χ1v) is 15.1. The SMILES string of the molecule is CC(C)c1ccc(S(=O)(=O)N(Cc2ccccc2)[C@H]2CS(=O)(=O)C[C@H]2NCc2ccccc2)cc1. The van der Waals surface area contributed by atoms with Crippen LogP contribution in [0.1, 0.15) is 36.5 Å². The van der Waals surface area contributed by atoms with Gasteiger partial charge in [-0.3, -0.25) is 0 Å². The third-order valence-electron chi connectivity index (χ3n) is 6.44. The second-order valence-electron chi connectivity index (χ2n) is 9.38. The Balaban J connectivity index is 1.69. The van der Waals surface area contributed by atoms with Crippen molar-refractivity contribution < 1.29 is 16.8 Å².